The zero-order chi connectivity index (χ0) is 18.2. The topological polar surface area (TPSA) is 86.7 Å². The van der Waals surface area contributed by atoms with E-state index in [1.165, 1.54) is 28.6 Å². The van der Waals surface area contributed by atoms with Crippen LogP contribution in [0.3, 0.4) is 0 Å². The number of hydrogen-bond acceptors (Lipinski definition) is 5. The molecule has 0 unspecified atom stereocenters. The number of phenolic OH excluding ortho intramolecular Hbond substituents is 1. The van der Waals surface area contributed by atoms with Crippen LogP contribution in [0.15, 0.2) is 29.2 Å². The number of aromatic hydroxyl groups is 1. The zero-order valence-electron chi connectivity index (χ0n) is 12.8. The fourth-order valence-corrected chi connectivity index (χ4v) is 5.54. The molecule has 3 rings (SSSR count). The number of thiophene rings is 1. The summed E-state index contributed by atoms with van der Waals surface area (Å²) >= 11 is 12.8. The average Bonchev–Trinajstić information content (AvgIpc) is 3.19. The van der Waals surface area contributed by atoms with Gasteiger partial charge in [-0.25, -0.2) is 8.42 Å². The lowest BCUT2D eigenvalue weighted by Crippen LogP contribution is -2.28. The molecule has 2 aromatic rings. The van der Waals surface area contributed by atoms with Gasteiger partial charge in [-0.15, -0.1) is 11.3 Å². The second kappa shape index (κ2) is 7.13. The highest BCUT2D eigenvalue weighted by molar-refractivity contribution is 7.89. The van der Waals surface area contributed by atoms with E-state index in [2.05, 4.69) is 5.32 Å². The van der Waals surface area contributed by atoms with Crippen LogP contribution < -0.4 is 5.32 Å². The molecule has 0 atom stereocenters. The van der Waals surface area contributed by atoms with Gasteiger partial charge < -0.3 is 10.4 Å². The number of hydrogen-bond donors (Lipinski definition) is 2. The maximum absolute atomic E-state index is 12.6. The molecule has 1 amide bonds. The van der Waals surface area contributed by atoms with Gasteiger partial charge in [-0.3, -0.25) is 4.79 Å². The Kier molecular flexibility index (Phi) is 5.26. The standard InChI is InChI=1S/C15H14Cl2N2O4S2/c16-13-8-10(14(17)24-13)15(21)18-11-7-9(3-4-12(11)20)25(22,23)19-5-1-2-6-19/h3-4,7-8,20H,1-2,5-6H2,(H,18,21). The molecule has 1 aliphatic rings. The van der Waals surface area contributed by atoms with Crippen molar-refractivity contribution in [3.05, 3.63) is 38.5 Å². The Morgan fingerprint density at radius 1 is 1.20 bits per heavy atom. The Morgan fingerprint density at radius 2 is 1.88 bits per heavy atom. The Labute approximate surface area is 159 Å². The average molecular weight is 421 g/mol. The number of sulfonamides is 1. The monoisotopic (exact) mass is 420 g/mol. The number of amides is 1. The summed E-state index contributed by atoms with van der Waals surface area (Å²) < 4.78 is 27.2. The third kappa shape index (κ3) is 3.78. The summed E-state index contributed by atoms with van der Waals surface area (Å²) in [5, 5.41) is 12.4. The van der Waals surface area contributed by atoms with Crippen molar-refractivity contribution in [2.45, 2.75) is 17.7 Å². The van der Waals surface area contributed by atoms with Crippen LogP contribution in [0.5, 0.6) is 5.75 Å². The van der Waals surface area contributed by atoms with E-state index >= 15 is 0 Å². The maximum Gasteiger partial charge on any atom is 0.258 e. The van der Waals surface area contributed by atoms with Gasteiger partial charge >= 0.3 is 0 Å². The first-order valence-corrected chi connectivity index (χ1v) is 10.4. The molecule has 0 aliphatic carbocycles. The molecule has 0 bridgehead atoms. The first kappa shape index (κ1) is 18.5. The fourth-order valence-electron chi connectivity index (χ4n) is 2.54. The summed E-state index contributed by atoms with van der Waals surface area (Å²) in [7, 11) is -3.66. The van der Waals surface area contributed by atoms with E-state index in [1.54, 1.807) is 0 Å². The van der Waals surface area contributed by atoms with Crippen molar-refractivity contribution < 1.29 is 18.3 Å². The van der Waals surface area contributed by atoms with Crippen molar-refractivity contribution in [3.63, 3.8) is 0 Å². The van der Waals surface area contributed by atoms with Gasteiger partial charge in [0.25, 0.3) is 5.91 Å². The van der Waals surface area contributed by atoms with E-state index in [4.69, 9.17) is 23.2 Å². The summed E-state index contributed by atoms with van der Waals surface area (Å²) in [6.45, 7) is 0.932. The molecule has 10 heteroatoms. The molecule has 1 aromatic carbocycles. The van der Waals surface area contributed by atoms with Crippen LogP contribution >= 0.6 is 34.5 Å². The molecule has 25 heavy (non-hydrogen) atoms. The predicted molar refractivity (Wildman–Crippen MR) is 98.4 cm³/mol. The highest BCUT2D eigenvalue weighted by Gasteiger charge is 2.28. The number of benzene rings is 1. The first-order chi connectivity index (χ1) is 11.8. The lowest BCUT2D eigenvalue weighted by atomic mass is 10.2. The Morgan fingerprint density at radius 3 is 2.48 bits per heavy atom. The van der Waals surface area contributed by atoms with Gasteiger partial charge in [-0.2, -0.15) is 4.31 Å². The number of carbonyl (C=O) groups is 1. The van der Waals surface area contributed by atoms with E-state index in [0.29, 0.717) is 17.4 Å². The zero-order valence-corrected chi connectivity index (χ0v) is 16.0. The number of phenols is 1. The minimum Gasteiger partial charge on any atom is -0.506 e. The maximum atomic E-state index is 12.6. The van der Waals surface area contributed by atoms with Crippen molar-refractivity contribution in [3.8, 4) is 5.75 Å². The van der Waals surface area contributed by atoms with Gasteiger partial charge in [0, 0.05) is 13.1 Å². The molecule has 6 nitrogen and oxygen atoms in total. The van der Waals surface area contributed by atoms with Crippen LogP contribution in [0.2, 0.25) is 8.67 Å². The summed E-state index contributed by atoms with van der Waals surface area (Å²) in [4.78, 5) is 12.3. The Bertz CT molecular complexity index is 922. The molecule has 2 N–H and O–H groups in total. The number of nitrogens with one attached hydrogen (secondary N) is 1. The molecule has 2 heterocycles. The predicted octanol–water partition coefficient (Wildman–Crippen LogP) is 3.80. The van der Waals surface area contributed by atoms with Gasteiger partial charge in [0.1, 0.15) is 10.1 Å². The molecule has 1 saturated heterocycles. The molecular weight excluding hydrogens is 407 g/mol. The minimum absolute atomic E-state index is 0.0105. The second-order valence-corrected chi connectivity index (χ2v) is 9.71. The number of rotatable bonds is 4. The smallest absolute Gasteiger partial charge is 0.258 e. The normalized spacial score (nSPS) is 15.4. The molecule has 1 aliphatic heterocycles. The SMILES string of the molecule is O=C(Nc1cc(S(=O)(=O)N2CCCC2)ccc1O)c1cc(Cl)sc1Cl. The second-order valence-electron chi connectivity index (χ2n) is 5.48. The first-order valence-electron chi connectivity index (χ1n) is 7.38. The van der Waals surface area contributed by atoms with Crippen molar-refractivity contribution in [1.29, 1.82) is 0 Å². The van der Waals surface area contributed by atoms with Crippen LogP contribution in [0.1, 0.15) is 23.2 Å². The summed E-state index contributed by atoms with van der Waals surface area (Å²) in [6.07, 6.45) is 1.64. The molecule has 0 saturated carbocycles. The van der Waals surface area contributed by atoms with Crippen LogP contribution in [0.4, 0.5) is 5.69 Å². The highest BCUT2D eigenvalue weighted by atomic mass is 35.5. The largest absolute Gasteiger partial charge is 0.506 e. The van der Waals surface area contributed by atoms with Gasteiger partial charge in [0.05, 0.1) is 20.5 Å². The van der Waals surface area contributed by atoms with E-state index in [0.717, 1.165) is 24.2 Å². The highest BCUT2D eigenvalue weighted by Crippen LogP contribution is 2.33. The fraction of sp³-hybridized carbons (Fsp3) is 0.267. The summed E-state index contributed by atoms with van der Waals surface area (Å²) in [5.41, 5.74) is 0.146. The van der Waals surface area contributed by atoms with Crippen molar-refractivity contribution in [1.82, 2.24) is 4.31 Å². The Balaban J connectivity index is 1.89. The van der Waals surface area contributed by atoms with Crippen LogP contribution in [-0.2, 0) is 10.0 Å². The summed E-state index contributed by atoms with van der Waals surface area (Å²) in [5.74, 6) is -0.828. The van der Waals surface area contributed by atoms with Gasteiger partial charge in [-0.05, 0) is 37.1 Å². The third-order valence-electron chi connectivity index (χ3n) is 3.82. The molecule has 1 fully saturated rings. The number of nitrogens with zero attached hydrogens (tertiary/aromatic N) is 1. The van der Waals surface area contributed by atoms with E-state index < -0.39 is 15.9 Å². The number of carbonyl (C=O) groups excluding carboxylic acids is 1. The Hall–Kier alpha value is -1.32. The van der Waals surface area contributed by atoms with Gasteiger partial charge in [-0.1, -0.05) is 23.2 Å². The molecular formula is C15H14Cl2N2O4S2. The van der Waals surface area contributed by atoms with Crippen molar-refractivity contribution in [2.75, 3.05) is 18.4 Å². The summed E-state index contributed by atoms with van der Waals surface area (Å²) in [6, 6.07) is 5.20. The van der Waals surface area contributed by atoms with Gasteiger partial charge in [0.2, 0.25) is 10.0 Å². The quantitative estimate of drug-likeness (QED) is 0.736. The van der Waals surface area contributed by atoms with E-state index in [1.807, 2.05) is 0 Å². The lowest BCUT2D eigenvalue weighted by molar-refractivity contribution is 0.102. The van der Waals surface area contributed by atoms with E-state index in [9.17, 15) is 18.3 Å². The molecule has 134 valence electrons. The molecule has 0 spiro atoms. The van der Waals surface area contributed by atoms with Crippen molar-refractivity contribution in [2.24, 2.45) is 0 Å². The lowest BCUT2D eigenvalue weighted by Gasteiger charge is -2.16. The van der Waals surface area contributed by atoms with Crippen LogP contribution in [-0.4, -0.2) is 36.8 Å². The van der Waals surface area contributed by atoms with Crippen molar-refractivity contribution >= 4 is 56.2 Å². The van der Waals surface area contributed by atoms with Crippen LogP contribution in [0.25, 0.3) is 0 Å². The minimum atomic E-state index is -3.66. The van der Waals surface area contributed by atoms with Gasteiger partial charge in [0.15, 0.2) is 0 Å². The number of anilines is 1. The molecule has 0 radical (unpaired) electrons. The number of halogens is 2. The third-order valence-corrected chi connectivity index (χ3v) is 7.20. The molecule has 1 aromatic heterocycles. The van der Waals surface area contributed by atoms with E-state index in [-0.39, 0.29) is 26.2 Å². The van der Waals surface area contributed by atoms with Crippen LogP contribution in [0, 0.1) is 0 Å².